The summed E-state index contributed by atoms with van der Waals surface area (Å²) in [6.07, 6.45) is -0.692. The predicted octanol–water partition coefficient (Wildman–Crippen LogP) is 2.05. The van der Waals surface area contributed by atoms with Crippen molar-refractivity contribution in [2.45, 2.75) is 31.3 Å². The predicted molar refractivity (Wildman–Crippen MR) is 85.9 cm³/mol. The third kappa shape index (κ3) is 4.66. The van der Waals surface area contributed by atoms with Gasteiger partial charge < -0.3 is 9.47 Å². The zero-order valence-corrected chi connectivity index (χ0v) is 14.4. The highest BCUT2D eigenvalue weighted by atomic mass is 32.2. The number of morpholine rings is 1. The van der Waals surface area contributed by atoms with Crippen LogP contribution in [0.15, 0.2) is 29.2 Å². The van der Waals surface area contributed by atoms with E-state index in [-0.39, 0.29) is 10.6 Å². The number of para-hydroxylation sites is 1. The summed E-state index contributed by atoms with van der Waals surface area (Å²) in [6.45, 7) is 6.53. The van der Waals surface area contributed by atoms with Crippen molar-refractivity contribution >= 4 is 21.8 Å². The molecule has 0 atom stereocenters. The average Bonchev–Trinajstić information content (AvgIpc) is 2.46. The van der Waals surface area contributed by atoms with Crippen LogP contribution in [-0.2, 0) is 19.5 Å². The number of amides is 1. The van der Waals surface area contributed by atoms with Crippen molar-refractivity contribution in [2.24, 2.45) is 0 Å². The monoisotopic (exact) mass is 342 g/mol. The van der Waals surface area contributed by atoms with E-state index in [0.29, 0.717) is 26.3 Å². The molecule has 2 rings (SSSR count). The van der Waals surface area contributed by atoms with Gasteiger partial charge in [-0.2, -0.15) is 4.31 Å². The van der Waals surface area contributed by atoms with Gasteiger partial charge in [-0.1, -0.05) is 12.1 Å². The summed E-state index contributed by atoms with van der Waals surface area (Å²) in [5.41, 5.74) is -0.462. The van der Waals surface area contributed by atoms with E-state index in [0.717, 1.165) is 0 Å². The van der Waals surface area contributed by atoms with E-state index in [9.17, 15) is 13.2 Å². The number of carbonyl (C=O) groups is 1. The molecule has 1 amide bonds. The average molecular weight is 342 g/mol. The SMILES string of the molecule is CC(C)(C)OC(=O)Nc1ccccc1S(=O)(=O)N1CCOCC1. The van der Waals surface area contributed by atoms with Crippen molar-refractivity contribution in [2.75, 3.05) is 31.6 Å². The number of ether oxygens (including phenoxy) is 2. The molecule has 0 aromatic heterocycles. The molecule has 1 saturated heterocycles. The molecule has 8 heteroatoms. The second-order valence-electron chi connectivity index (χ2n) is 6.14. The molecular weight excluding hydrogens is 320 g/mol. The largest absolute Gasteiger partial charge is 0.444 e. The molecule has 128 valence electrons. The van der Waals surface area contributed by atoms with Gasteiger partial charge in [0, 0.05) is 13.1 Å². The van der Waals surface area contributed by atoms with E-state index >= 15 is 0 Å². The minimum Gasteiger partial charge on any atom is -0.444 e. The number of rotatable bonds is 3. The van der Waals surface area contributed by atoms with E-state index < -0.39 is 21.7 Å². The first kappa shape index (κ1) is 17.7. The molecule has 0 saturated carbocycles. The van der Waals surface area contributed by atoms with Crippen LogP contribution in [0, 0.1) is 0 Å². The van der Waals surface area contributed by atoms with Crippen molar-refractivity contribution < 1.29 is 22.7 Å². The molecule has 1 aliphatic rings. The quantitative estimate of drug-likeness (QED) is 0.909. The Hall–Kier alpha value is -1.64. The van der Waals surface area contributed by atoms with Crippen LogP contribution in [-0.4, -0.2) is 50.7 Å². The Kier molecular flexibility index (Phi) is 5.28. The molecule has 1 aromatic rings. The van der Waals surface area contributed by atoms with Crippen molar-refractivity contribution in [3.8, 4) is 0 Å². The first-order chi connectivity index (χ1) is 10.7. The van der Waals surface area contributed by atoms with E-state index in [1.165, 1.54) is 16.4 Å². The standard InChI is InChI=1S/C15H22N2O5S/c1-15(2,3)22-14(18)16-12-6-4-5-7-13(12)23(19,20)17-8-10-21-11-9-17/h4-7H,8-11H2,1-3H3,(H,16,18). The summed E-state index contributed by atoms with van der Waals surface area (Å²) >= 11 is 0. The van der Waals surface area contributed by atoms with E-state index in [1.54, 1.807) is 32.9 Å². The van der Waals surface area contributed by atoms with E-state index in [4.69, 9.17) is 9.47 Å². The second-order valence-corrected chi connectivity index (χ2v) is 8.05. The minimum atomic E-state index is -3.70. The third-order valence-corrected chi connectivity index (χ3v) is 5.07. The highest BCUT2D eigenvalue weighted by Gasteiger charge is 2.29. The van der Waals surface area contributed by atoms with Crippen molar-refractivity contribution in [3.05, 3.63) is 24.3 Å². The number of carbonyl (C=O) groups excluding carboxylic acids is 1. The van der Waals surface area contributed by atoms with Crippen molar-refractivity contribution in [3.63, 3.8) is 0 Å². The van der Waals surface area contributed by atoms with E-state index in [1.807, 2.05) is 0 Å². The first-order valence-electron chi connectivity index (χ1n) is 7.37. The fourth-order valence-corrected chi connectivity index (χ4v) is 3.69. The normalized spacial score (nSPS) is 16.8. The Bertz CT molecular complexity index is 661. The van der Waals surface area contributed by atoms with Gasteiger partial charge >= 0.3 is 6.09 Å². The number of hydrogen-bond acceptors (Lipinski definition) is 5. The fraction of sp³-hybridized carbons (Fsp3) is 0.533. The second kappa shape index (κ2) is 6.86. The fourth-order valence-electron chi connectivity index (χ4n) is 2.13. The molecule has 1 N–H and O–H groups in total. The molecule has 0 bridgehead atoms. The van der Waals surface area contributed by atoms with Crippen LogP contribution >= 0.6 is 0 Å². The summed E-state index contributed by atoms with van der Waals surface area (Å²) < 4.78 is 37.2. The lowest BCUT2D eigenvalue weighted by atomic mass is 10.2. The Balaban J connectivity index is 2.25. The molecule has 1 aromatic carbocycles. The molecular formula is C15H22N2O5S. The van der Waals surface area contributed by atoms with Gasteiger partial charge in [-0.05, 0) is 32.9 Å². The molecule has 23 heavy (non-hydrogen) atoms. The Morgan fingerprint density at radius 3 is 2.43 bits per heavy atom. The molecule has 0 aliphatic carbocycles. The number of benzene rings is 1. The van der Waals surface area contributed by atoms with Crippen LogP contribution in [0.2, 0.25) is 0 Å². The number of nitrogens with one attached hydrogen (secondary N) is 1. The Morgan fingerprint density at radius 2 is 1.83 bits per heavy atom. The van der Waals surface area contributed by atoms with Gasteiger partial charge in [0.1, 0.15) is 10.5 Å². The highest BCUT2D eigenvalue weighted by molar-refractivity contribution is 7.89. The maximum Gasteiger partial charge on any atom is 0.412 e. The summed E-state index contributed by atoms with van der Waals surface area (Å²) in [6, 6.07) is 6.29. The van der Waals surface area contributed by atoms with Gasteiger partial charge in [0.2, 0.25) is 10.0 Å². The van der Waals surface area contributed by atoms with Gasteiger partial charge in [0.25, 0.3) is 0 Å². The molecule has 0 spiro atoms. The number of nitrogens with zero attached hydrogens (tertiary/aromatic N) is 1. The van der Waals surface area contributed by atoms with Crippen molar-refractivity contribution in [1.82, 2.24) is 4.31 Å². The minimum absolute atomic E-state index is 0.0489. The highest BCUT2D eigenvalue weighted by Crippen LogP contribution is 2.25. The van der Waals surface area contributed by atoms with Crippen LogP contribution in [0.5, 0.6) is 0 Å². The van der Waals surface area contributed by atoms with Crippen LogP contribution < -0.4 is 5.32 Å². The molecule has 0 radical (unpaired) electrons. The Morgan fingerprint density at radius 1 is 1.22 bits per heavy atom. The summed E-state index contributed by atoms with van der Waals surface area (Å²) in [4.78, 5) is 12.0. The van der Waals surface area contributed by atoms with Gasteiger partial charge in [-0.15, -0.1) is 0 Å². The first-order valence-corrected chi connectivity index (χ1v) is 8.81. The molecule has 1 fully saturated rings. The lowest BCUT2D eigenvalue weighted by molar-refractivity contribution is 0.0635. The third-order valence-electron chi connectivity index (χ3n) is 3.11. The Labute approximate surface area is 136 Å². The van der Waals surface area contributed by atoms with Crippen LogP contribution in [0.3, 0.4) is 0 Å². The summed E-state index contributed by atoms with van der Waals surface area (Å²) in [5.74, 6) is 0. The van der Waals surface area contributed by atoms with Crippen LogP contribution in [0.1, 0.15) is 20.8 Å². The molecule has 7 nitrogen and oxygen atoms in total. The summed E-state index contributed by atoms with van der Waals surface area (Å²) in [5, 5.41) is 2.51. The smallest absolute Gasteiger partial charge is 0.412 e. The van der Waals surface area contributed by atoms with Crippen LogP contribution in [0.4, 0.5) is 10.5 Å². The maximum absolute atomic E-state index is 12.8. The number of hydrogen-bond donors (Lipinski definition) is 1. The van der Waals surface area contributed by atoms with Gasteiger partial charge in [0.15, 0.2) is 0 Å². The lowest BCUT2D eigenvalue weighted by Gasteiger charge is -2.27. The topological polar surface area (TPSA) is 84.9 Å². The van der Waals surface area contributed by atoms with Gasteiger partial charge in [-0.3, -0.25) is 5.32 Å². The van der Waals surface area contributed by atoms with Gasteiger partial charge in [-0.25, -0.2) is 13.2 Å². The molecule has 1 aliphatic heterocycles. The zero-order chi connectivity index (χ0) is 17.1. The number of sulfonamides is 1. The lowest BCUT2D eigenvalue weighted by Crippen LogP contribution is -2.41. The van der Waals surface area contributed by atoms with Gasteiger partial charge in [0.05, 0.1) is 18.9 Å². The maximum atomic E-state index is 12.8. The summed E-state index contributed by atoms with van der Waals surface area (Å²) in [7, 11) is -3.70. The zero-order valence-electron chi connectivity index (χ0n) is 13.5. The van der Waals surface area contributed by atoms with Crippen LogP contribution in [0.25, 0.3) is 0 Å². The van der Waals surface area contributed by atoms with E-state index in [2.05, 4.69) is 5.32 Å². The molecule has 0 unspecified atom stereocenters. The van der Waals surface area contributed by atoms with Crippen molar-refractivity contribution in [1.29, 1.82) is 0 Å². The number of anilines is 1. The molecule has 1 heterocycles.